The van der Waals surface area contributed by atoms with Crippen molar-refractivity contribution in [2.24, 2.45) is 0 Å². The van der Waals surface area contributed by atoms with Crippen molar-refractivity contribution in [1.82, 2.24) is 19.9 Å². The number of hydrogen-bond acceptors (Lipinski definition) is 5. The Balaban J connectivity index is 1.53. The molecule has 0 radical (unpaired) electrons. The summed E-state index contributed by atoms with van der Waals surface area (Å²) in [4.78, 5) is 39.6. The average Bonchev–Trinajstić information content (AvgIpc) is 2.68. The molecule has 0 N–H and O–H groups in total. The van der Waals surface area contributed by atoms with E-state index in [1.54, 1.807) is 30.7 Å². The zero-order valence-corrected chi connectivity index (χ0v) is 14.0. The topological polar surface area (TPSA) is 76.1 Å². The highest BCUT2D eigenvalue weighted by molar-refractivity contribution is 5.97. The minimum absolute atomic E-state index is 0.00550. The second-order valence-electron chi connectivity index (χ2n) is 6.70. The van der Waals surface area contributed by atoms with Crippen LogP contribution in [0.1, 0.15) is 63.8 Å². The van der Waals surface area contributed by atoms with Gasteiger partial charge >= 0.3 is 0 Å². The predicted octanol–water partition coefficient (Wildman–Crippen LogP) is 2.41. The van der Waals surface area contributed by atoms with Crippen LogP contribution in [0.15, 0.2) is 30.7 Å². The predicted molar refractivity (Wildman–Crippen MR) is 91.4 cm³/mol. The van der Waals surface area contributed by atoms with Gasteiger partial charge in [-0.1, -0.05) is 0 Å². The zero-order chi connectivity index (χ0) is 17.2. The molecule has 128 valence electrons. The Bertz CT molecular complexity index is 806. The van der Waals surface area contributed by atoms with Crippen LogP contribution >= 0.6 is 0 Å². The summed E-state index contributed by atoms with van der Waals surface area (Å²) in [6.45, 7) is 1.36. The molecular weight excluding hydrogens is 316 g/mol. The molecule has 0 aromatic carbocycles. The Morgan fingerprint density at radius 1 is 1.20 bits per heavy atom. The van der Waals surface area contributed by atoms with Gasteiger partial charge in [0.2, 0.25) is 0 Å². The highest BCUT2D eigenvalue weighted by atomic mass is 16.2. The number of carbonyl (C=O) groups excluding carboxylic acids is 2. The van der Waals surface area contributed by atoms with E-state index in [0.717, 1.165) is 43.7 Å². The fourth-order valence-corrected chi connectivity index (χ4v) is 3.65. The van der Waals surface area contributed by atoms with E-state index in [9.17, 15) is 9.59 Å². The van der Waals surface area contributed by atoms with E-state index in [1.807, 2.05) is 4.90 Å². The lowest BCUT2D eigenvalue weighted by Gasteiger charge is -2.32. The number of rotatable bonds is 2. The largest absolute Gasteiger partial charge is 0.338 e. The Morgan fingerprint density at radius 3 is 2.96 bits per heavy atom. The van der Waals surface area contributed by atoms with Gasteiger partial charge in [0.1, 0.15) is 5.82 Å². The molecule has 6 heteroatoms. The molecule has 0 bridgehead atoms. The number of amides is 1. The lowest BCUT2D eigenvalue weighted by atomic mass is 9.93. The molecule has 0 saturated carbocycles. The second-order valence-corrected chi connectivity index (χ2v) is 6.70. The van der Waals surface area contributed by atoms with Gasteiger partial charge in [0.05, 0.1) is 16.8 Å². The molecule has 2 aliphatic rings. The second kappa shape index (κ2) is 6.70. The molecule has 3 heterocycles. The van der Waals surface area contributed by atoms with Crippen LogP contribution < -0.4 is 0 Å². The van der Waals surface area contributed by atoms with Crippen molar-refractivity contribution in [3.05, 3.63) is 53.4 Å². The van der Waals surface area contributed by atoms with Crippen molar-refractivity contribution < 1.29 is 9.59 Å². The summed E-state index contributed by atoms with van der Waals surface area (Å²) in [7, 11) is 0. The quantitative estimate of drug-likeness (QED) is 0.842. The number of piperidine rings is 1. The van der Waals surface area contributed by atoms with E-state index in [4.69, 9.17) is 0 Å². The van der Waals surface area contributed by atoms with Crippen LogP contribution in [0.4, 0.5) is 0 Å². The van der Waals surface area contributed by atoms with Crippen LogP contribution in [0, 0.1) is 0 Å². The SMILES string of the molecule is O=C1CCCc2nc([C@@H]3CCCN(C(=O)c4cccnc4)C3)ncc21. The molecule has 0 unspecified atom stereocenters. The molecule has 0 spiro atoms. The third kappa shape index (κ3) is 3.16. The fourth-order valence-electron chi connectivity index (χ4n) is 3.65. The minimum atomic E-state index is 0.00550. The first kappa shape index (κ1) is 15.9. The third-order valence-electron chi connectivity index (χ3n) is 4.99. The molecule has 1 aliphatic carbocycles. The van der Waals surface area contributed by atoms with E-state index in [0.29, 0.717) is 24.1 Å². The Labute approximate surface area is 146 Å². The first-order valence-corrected chi connectivity index (χ1v) is 8.80. The maximum Gasteiger partial charge on any atom is 0.255 e. The zero-order valence-electron chi connectivity index (χ0n) is 14.0. The standard InChI is InChI=1S/C19H20N4O2/c24-17-7-1-6-16-15(17)11-21-18(22-16)14-5-3-9-23(12-14)19(25)13-4-2-8-20-10-13/h2,4,8,10-11,14H,1,3,5-7,9,12H2/t14-/m1/s1. The summed E-state index contributed by atoms with van der Waals surface area (Å²) in [5.41, 5.74) is 2.16. The normalized spacial score (nSPS) is 20.2. The van der Waals surface area contributed by atoms with Gasteiger partial charge in [0, 0.05) is 44.0 Å². The Morgan fingerprint density at radius 2 is 2.12 bits per heavy atom. The van der Waals surface area contributed by atoms with Crippen molar-refractivity contribution in [2.75, 3.05) is 13.1 Å². The minimum Gasteiger partial charge on any atom is -0.338 e. The van der Waals surface area contributed by atoms with Crippen LogP contribution in [0.2, 0.25) is 0 Å². The van der Waals surface area contributed by atoms with Crippen LogP contribution in [0.3, 0.4) is 0 Å². The van der Waals surface area contributed by atoms with Crippen molar-refractivity contribution in [3.8, 4) is 0 Å². The smallest absolute Gasteiger partial charge is 0.255 e. The molecule has 6 nitrogen and oxygen atoms in total. The molecule has 1 amide bonds. The molecule has 4 rings (SSSR count). The summed E-state index contributed by atoms with van der Waals surface area (Å²) in [6, 6.07) is 3.57. The number of pyridine rings is 1. The van der Waals surface area contributed by atoms with Crippen molar-refractivity contribution >= 4 is 11.7 Å². The lowest BCUT2D eigenvalue weighted by molar-refractivity contribution is 0.0704. The van der Waals surface area contributed by atoms with Crippen LogP contribution in [0.25, 0.3) is 0 Å². The number of likely N-dealkylation sites (tertiary alicyclic amines) is 1. The van der Waals surface area contributed by atoms with Crippen LogP contribution in [0.5, 0.6) is 0 Å². The molecule has 1 saturated heterocycles. The molecule has 1 atom stereocenters. The fraction of sp³-hybridized carbons (Fsp3) is 0.421. The number of hydrogen-bond donors (Lipinski definition) is 0. The van der Waals surface area contributed by atoms with Crippen molar-refractivity contribution in [3.63, 3.8) is 0 Å². The van der Waals surface area contributed by atoms with Gasteiger partial charge in [-0.15, -0.1) is 0 Å². The summed E-state index contributed by atoms with van der Waals surface area (Å²) in [5.74, 6) is 1.03. The van der Waals surface area contributed by atoms with E-state index in [1.165, 1.54) is 0 Å². The maximum absolute atomic E-state index is 12.7. The van der Waals surface area contributed by atoms with Gasteiger partial charge in [0.15, 0.2) is 5.78 Å². The first-order valence-electron chi connectivity index (χ1n) is 8.80. The number of carbonyl (C=O) groups is 2. The average molecular weight is 336 g/mol. The highest BCUT2D eigenvalue weighted by Crippen LogP contribution is 2.27. The first-order chi connectivity index (χ1) is 12.2. The van der Waals surface area contributed by atoms with Crippen LogP contribution in [-0.2, 0) is 6.42 Å². The van der Waals surface area contributed by atoms with Gasteiger partial charge in [-0.2, -0.15) is 0 Å². The van der Waals surface area contributed by atoms with Gasteiger partial charge < -0.3 is 4.90 Å². The molecule has 2 aromatic heterocycles. The molecule has 25 heavy (non-hydrogen) atoms. The summed E-state index contributed by atoms with van der Waals surface area (Å²) in [6.07, 6.45) is 9.12. The van der Waals surface area contributed by atoms with Gasteiger partial charge in [-0.05, 0) is 37.8 Å². The Kier molecular flexibility index (Phi) is 4.26. The van der Waals surface area contributed by atoms with Crippen molar-refractivity contribution in [1.29, 1.82) is 0 Å². The number of ketones is 1. The van der Waals surface area contributed by atoms with E-state index in [2.05, 4.69) is 15.0 Å². The number of Topliss-reactive ketones (excluding diaryl/α,β-unsaturated/α-hetero) is 1. The van der Waals surface area contributed by atoms with Gasteiger partial charge in [-0.3, -0.25) is 14.6 Å². The number of aromatic nitrogens is 3. The summed E-state index contributed by atoms with van der Waals surface area (Å²) >= 11 is 0. The molecule has 2 aromatic rings. The van der Waals surface area contributed by atoms with Crippen LogP contribution in [-0.4, -0.2) is 44.6 Å². The van der Waals surface area contributed by atoms with Gasteiger partial charge in [-0.25, -0.2) is 9.97 Å². The number of nitrogens with zero attached hydrogens (tertiary/aromatic N) is 4. The number of aryl methyl sites for hydroxylation is 1. The number of fused-ring (bicyclic) bond motifs is 1. The Hall–Kier alpha value is -2.63. The van der Waals surface area contributed by atoms with E-state index < -0.39 is 0 Å². The third-order valence-corrected chi connectivity index (χ3v) is 4.99. The molecule has 1 aliphatic heterocycles. The highest BCUT2D eigenvalue weighted by Gasteiger charge is 2.28. The van der Waals surface area contributed by atoms with E-state index in [-0.39, 0.29) is 17.6 Å². The lowest BCUT2D eigenvalue weighted by Crippen LogP contribution is -2.39. The van der Waals surface area contributed by atoms with Gasteiger partial charge in [0.25, 0.3) is 5.91 Å². The maximum atomic E-state index is 12.7. The summed E-state index contributed by atoms with van der Waals surface area (Å²) in [5, 5.41) is 0. The van der Waals surface area contributed by atoms with Crippen molar-refractivity contribution in [2.45, 2.75) is 38.0 Å². The molecular formula is C19H20N4O2. The monoisotopic (exact) mass is 336 g/mol. The van der Waals surface area contributed by atoms with E-state index >= 15 is 0 Å². The molecule has 1 fully saturated rings. The summed E-state index contributed by atoms with van der Waals surface area (Å²) < 4.78 is 0.